The van der Waals surface area contributed by atoms with E-state index in [1.807, 2.05) is 0 Å². The molecule has 0 radical (unpaired) electrons. The first kappa shape index (κ1) is 20.5. The van der Waals surface area contributed by atoms with Gasteiger partial charge in [-0.3, -0.25) is 4.79 Å². The number of halogens is 4. The van der Waals surface area contributed by atoms with Gasteiger partial charge in [-0.05, 0) is 55.0 Å². The summed E-state index contributed by atoms with van der Waals surface area (Å²) in [5.41, 5.74) is 0.0119. The maximum Gasteiger partial charge on any atom is 0.416 e. The summed E-state index contributed by atoms with van der Waals surface area (Å²) in [6.45, 7) is 1.35. The Hall–Kier alpha value is -2.80. The van der Waals surface area contributed by atoms with Gasteiger partial charge < -0.3 is 10.1 Å². The van der Waals surface area contributed by atoms with Crippen molar-refractivity contribution in [3.63, 3.8) is 0 Å². The van der Waals surface area contributed by atoms with Crippen LogP contribution in [-0.2, 0) is 20.5 Å². The maximum atomic E-state index is 12.5. The second kappa shape index (κ2) is 8.73. The first-order valence-corrected chi connectivity index (χ1v) is 8.15. The molecule has 1 amide bonds. The molecule has 0 spiro atoms. The zero-order valence-corrected chi connectivity index (χ0v) is 14.8. The van der Waals surface area contributed by atoms with E-state index in [2.05, 4.69) is 5.32 Å². The molecule has 8 heteroatoms. The molecule has 0 heterocycles. The Bertz CT molecular complexity index is 848. The number of amides is 1. The van der Waals surface area contributed by atoms with Crippen LogP contribution in [0.3, 0.4) is 0 Å². The molecule has 0 aliphatic heterocycles. The van der Waals surface area contributed by atoms with Crippen molar-refractivity contribution in [1.82, 2.24) is 0 Å². The fraction of sp³-hybridized carbons (Fsp3) is 0.158. The van der Waals surface area contributed by atoms with E-state index in [1.54, 1.807) is 24.3 Å². The van der Waals surface area contributed by atoms with E-state index in [1.165, 1.54) is 13.0 Å². The third kappa shape index (κ3) is 6.45. The zero-order chi connectivity index (χ0) is 20.0. The molecule has 4 nitrogen and oxygen atoms in total. The number of hydrogen-bond donors (Lipinski definition) is 1. The van der Waals surface area contributed by atoms with Gasteiger partial charge in [0.05, 0.1) is 5.56 Å². The molecule has 2 aromatic carbocycles. The highest BCUT2D eigenvalue weighted by molar-refractivity contribution is 6.30. The van der Waals surface area contributed by atoms with E-state index in [9.17, 15) is 22.8 Å². The molecule has 1 atom stereocenters. The summed E-state index contributed by atoms with van der Waals surface area (Å²) in [7, 11) is 0. The van der Waals surface area contributed by atoms with Crippen LogP contribution in [0.1, 0.15) is 18.1 Å². The molecule has 1 N–H and O–H groups in total. The number of nitrogens with one attached hydrogen (secondary N) is 1. The van der Waals surface area contributed by atoms with Crippen LogP contribution in [0.4, 0.5) is 18.9 Å². The van der Waals surface area contributed by atoms with Crippen molar-refractivity contribution in [2.24, 2.45) is 0 Å². The number of rotatable bonds is 5. The number of ether oxygens (including phenoxy) is 1. The van der Waals surface area contributed by atoms with Gasteiger partial charge in [0.25, 0.3) is 5.91 Å². The van der Waals surface area contributed by atoms with Crippen LogP contribution >= 0.6 is 11.6 Å². The second-order valence-electron chi connectivity index (χ2n) is 5.53. The van der Waals surface area contributed by atoms with Gasteiger partial charge in [0, 0.05) is 16.8 Å². The lowest BCUT2D eigenvalue weighted by molar-refractivity contribution is -0.148. The number of carbonyl (C=O) groups excluding carboxylic acids is 2. The highest BCUT2D eigenvalue weighted by atomic mass is 35.5. The summed E-state index contributed by atoms with van der Waals surface area (Å²) in [5, 5.41) is 2.89. The van der Waals surface area contributed by atoms with Crippen LogP contribution in [0.5, 0.6) is 0 Å². The summed E-state index contributed by atoms with van der Waals surface area (Å²) in [4.78, 5) is 23.8. The Morgan fingerprint density at radius 1 is 1.15 bits per heavy atom. The molecule has 0 saturated heterocycles. The van der Waals surface area contributed by atoms with Crippen molar-refractivity contribution < 1.29 is 27.5 Å². The van der Waals surface area contributed by atoms with E-state index in [-0.39, 0.29) is 5.69 Å². The highest BCUT2D eigenvalue weighted by Crippen LogP contribution is 2.29. The second-order valence-corrected chi connectivity index (χ2v) is 5.97. The molecular formula is C19H15ClF3NO3. The van der Waals surface area contributed by atoms with Gasteiger partial charge in [-0.25, -0.2) is 4.79 Å². The topological polar surface area (TPSA) is 55.4 Å². The Morgan fingerprint density at radius 3 is 2.41 bits per heavy atom. The SMILES string of the molecule is C[C@H](OC(=O)/C=C/c1cccc(Cl)c1)C(=O)Nc1ccc(C(F)(F)F)cc1. The molecule has 0 saturated carbocycles. The molecule has 142 valence electrons. The summed E-state index contributed by atoms with van der Waals surface area (Å²) >= 11 is 5.83. The summed E-state index contributed by atoms with van der Waals surface area (Å²) < 4.78 is 42.5. The first-order chi connectivity index (χ1) is 12.6. The molecule has 2 rings (SSSR count). The van der Waals surface area contributed by atoms with Crippen LogP contribution in [0, 0.1) is 0 Å². The van der Waals surface area contributed by atoms with Crippen LogP contribution in [0.15, 0.2) is 54.6 Å². The molecular weight excluding hydrogens is 383 g/mol. The summed E-state index contributed by atoms with van der Waals surface area (Å²) in [6.07, 6.45) is -2.97. The minimum Gasteiger partial charge on any atom is -0.449 e. The average Bonchev–Trinajstić information content (AvgIpc) is 2.59. The monoisotopic (exact) mass is 397 g/mol. The van der Waals surface area contributed by atoms with Crippen LogP contribution in [-0.4, -0.2) is 18.0 Å². The van der Waals surface area contributed by atoms with Crippen molar-refractivity contribution >= 4 is 35.2 Å². The fourth-order valence-electron chi connectivity index (χ4n) is 2.03. The Balaban J connectivity index is 1.90. The van der Waals surface area contributed by atoms with Crippen molar-refractivity contribution in [2.75, 3.05) is 5.32 Å². The minimum absolute atomic E-state index is 0.158. The molecule has 0 fully saturated rings. The average molecular weight is 398 g/mol. The molecule has 27 heavy (non-hydrogen) atoms. The third-order valence-corrected chi connectivity index (χ3v) is 3.64. The van der Waals surface area contributed by atoms with E-state index in [4.69, 9.17) is 16.3 Å². The lowest BCUT2D eigenvalue weighted by Crippen LogP contribution is -2.29. The van der Waals surface area contributed by atoms with Gasteiger partial charge >= 0.3 is 12.1 Å². The fourth-order valence-corrected chi connectivity index (χ4v) is 2.23. The summed E-state index contributed by atoms with van der Waals surface area (Å²) in [5.74, 6) is -1.41. The first-order valence-electron chi connectivity index (χ1n) is 7.77. The van der Waals surface area contributed by atoms with Crippen molar-refractivity contribution in [3.05, 3.63) is 70.8 Å². The summed E-state index contributed by atoms with van der Waals surface area (Å²) in [6, 6.07) is 10.7. The largest absolute Gasteiger partial charge is 0.449 e. The Kier molecular flexibility index (Phi) is 6.63. The number of benzene rings is 2. The van der Waals surface area contributed by atoms with Gasteiger partial charge in [0.15, 0.2) is 6.10 Å². The number of hydrogen-bond acceptors (Lipinski definition) is 3. The van der Waals surface area contributed by atoms with Gasteiger partial charge in [0.1, 0.15) is 0 Å². The van der Waals surface area contributed by atoms with Gasteiger partial charge in [-0.2, -0.15) is 13.2 Å². The predicted molar refractivity (Wildman–Crippen MR) is 96.1 cm³/mol. The van der Waals surface area contributed by atoms with Crippen LogP contribution < -0.4 is 5.32 Å². The van der Waals surface area contributed by atoms with E-state index >= 15 is 0 Å². The Morgan fingerprint density at radius 2 is 1.81 bits per heavy atom. The molecule has 0 aliphatic rings. The van der Waals surface area contributed by atoms with Crippen molar-refractivity contribution in [1.29, 1.82) is 0 Å². The van der Waals surface area contributed by atoms with Crippen LogP contribution in [0.2, 0.25) is 5.02 Å². The zero-order valence-electron chi connectivity index (χ0n) is 14.1. The minimum atomic E-state index is -4.46. The quantitative estimate of drug-likeness (QED) is 0.574. The van der Waals surface area contributed by atoms with E-state index < -0.39 is 29.7 Å². The molecule has 0 aliphatic carbocycles. The standard InChI is InChI=1S/C19H15ClF3NO3/c1-12(27-17(25)10-5-13-3-2-4-15(20)11-13)18(26)24-16-8-6-14(7-9-16)19(21,22)23/h2-12H,1H3,(H,24,26)/b10-5+/t12-/m0/s1. The smallest absolute Gasteiger partial charge is 0.416 e. The third-order valence-electron chi connectivity index (χ3n) is 3.40. The van der Waals surface area contributed by atoms with Gasteiger partial charge in [-0.15, -0.1) is 0 Å². The molecule has 0 aromatic heterocycles. The number of esters is 1. The number of anilines is 1. The van der Waals surface area contributed by atoms with Crippen LogP contribution in [0.25, 0.3) is 6.08 Å². The lowest BCUT2D eigenvalue weighted by atomic mass is 10.2. The molecule has 0 bridgehead atoms. The van der Waals surface area contributed by atoms with E-state index in [0.717, 1.165) is 30.3 Å². The van der Waals surface area contributed by atoms with Gasteiger partial charge in [0.2, 0.25) is 0 Å². The number of alkyl halides is 3. The predicted octanol–water partition coefficient (Wildman–Crippen LogP) is 4.94. The molecule has 0 unspecified atom stereocenters. The molecule has 2 aromatic rings. The van der Waals surface area contributed by atoms with Crippen molar-refractivity contribution in [2.45, 2.75) is 19.2 Å². The number of carbonyl (C=O) groups is 2. The van der Waals surface area contributed by atoms with Crippen molar-refractivity contribution in [3.8, 4) is 0 Å². The van der Waals surface area contributed by atoms with E-state index in [0.29, 0.717) is 10.6 Å². The van der Waals surface area contributed by atoms with Gasteiger partial charge in [-0.1, -0.05) is 23.7 Å². The lowest BCUT2D eigenvalue weighted by Gasteiger charge is -2.13. The highest BCUT2D eigenvalue weighted by Gasteiger charge is 2.30. The maximum absolute atomic E-state index is 12.5. The Labute approximate surface area is 158 Å². The normalized spacial score (nSPS) is 12.6.